The quantitative estimate of drug-likeness (QED) is 0.270. The molecule has 7 nitrogen and oxygen atoms in total. The minimum absolute atomic E-state index is 0.00865. The lowest BCUT2D eigenvalue weighted by atomic mass is 10.1. The van der Waals surface area contributed by atoms with Crippen molar-refractivity contribution < 1.29 is 18.0 Å². The van der Waals surface area contributed by atoms with Crippen LogP contribution in [-0.2, 0) is 26.2 Å². The molecule has 0 aliphatic heterocycles. The Bertz CT molecular complexity index is 1450. The van der Waals surface area contributed by atoms with E-state index in [4.69, 9.17) is 34.8 Å². The number of halogens is 3. The number of aryl methyl sites for hydroxylation is 1. The second-order valence-corrected chi connectivity index (χ2v) is 13.0. The Labute approximate surface area is 251 Å². The van der Waals surface area contributed by atoms with Crippen LogP contribution >= 0.6 is 34.8 Å². The molecule has 11 heteroatoms. The predicted molar refractivity (Wildman–Crippen MR) is 161 cm³/mol. The molecule has 0 unspecified atom stereocenters. The van der Waals surface area contributed by atoms with E-state index < -0.39 is 28.5 Å². The number of carbonyl (C=O) groups excluding carboxylic acids is 2. The van der Waals surface area contributed by atoms with Gasteiger partial charge in [-0.2, -0.15) is 0 Å². The zero-order valence-electron chi connectivity index (χ0n) is 22.7. The number of nitrogens with zero attached hydrogens (tertiary/aromatic N) is 2. The maximum atomic E-state index is 13.9. The molecule has 0 aromatic heterocycles. The smallest absolute Gasteiger partial charge is 0.264 e. The first-order valence-corrected chi connectivity index (χ1v) is 15.2. The summed E-state index contributed by atoms with van der Waals surface area (Å²) < 4.78 is 28.7. The molecule has 0 spiro atoms. The molecule has 40 heavy (non-hydrogen) atoms. The monoisotopic (exact) mass is 623 g/mol. The summed E-state index contributed by atoms with van der Waals surface area (Å²) >= 11 is 18.3. The van der Waals surface area contributed by atoms with E-state index in [0.717, 1.165) is 9.87 Å². The molecular formula is C29H32Cl3N3O4S. The predicted octanol–water partition coefficient (Wildman–Crippen LogP) is 6.34. The highest BCUT2D eigenvalue weighted by Crippen LogP contribution is 2.27. The molecular weight excluding hydrogens is 593 g/mol. The van der Waals surface area contributed by atoms with Crippen LogP contribution in [0.5, 0.6) is 0 Å². The van der Waals surface area contributed by atoms with Gasteiger partial charge in [-0.05, 0) is 73.9 Å². The van der Waals surface area contributed by atoms with Gasteiger partial charge in [-0.3, -0.25) is 13.9 Å². The van der Waals surface area contributed by atoms with Crippen LogP contribution in [0.1, 0.15) is 31.9 Å². The van der Waals surface area contributed by atoms with Crippen molar-refractivity contribution in [3.05, 3.63) is 92.9 Å². The van der Waals surface area contributed by atoms with Crippen molar-refractivity contribution in [1.29, 1.82) is 0 Å². The molecule has 0 radical (unpaired) electrons. The lowest BCUT2D eigenvalue weighted by molar-refractivity contribution is -0.139. The molecule has 2 amide bonds. The van der Waals surface area contributed by atoms with Crippen LogP contribution < -0.4 is 9.62 Å². The van der Waals surface area contributed by atoms with E-state index in [9.17, 15) is 18.0 Å². The Hall–Kier alpha value is -2.78. The SMILES string of the molecule is Cc1ccc(N(CC(=O)N(Cc2ccc(Cl)c(Cl)c2)[C@@H](C)C(=O)NCC(C)C)S(=O)(=O)c2ccc(Cl)cc2)cc1. The van der Waals surface area contributed by atoms with Crippen LogP contribution in [0.25, 0.3) is 0 Å². The van der Waals surface area contributed by atoms with Crippen LogP contribution in [0.2, 0.25) is 15.1 Å². The molecule has 0 aliphatic carbocycles. The van der Waals surface area contributed by atoms with Gasteiger partial charge in [-0.15, -0.1) is 0 Å². The molecule has 1 atom stereocenters. The zero-order chi connectivity index (χ0) is 29.6. The van der Waals surface area contributed by atoms with Crippen molar-refractivity contribution >= 4 is 62.3 Å². The Kier molecular flexibility index (Phi) is 10.9. The summed E-state index contributed by atoms with van der Waals surface area (Å²) in [7, 11) is -4.18. The summed E-state index contributed by atoms with van der Waals surface area (Å²) in [6.07, 6.45) is 0. The molecule has 0 heterocycles. The van der Waals surface area contributed by atoms with Crippen LogP contribution in [0.3, 0.4) is 0 Å². The largest absolute Gasteiger partial charge is 0.354 e. The van der Waals surface area contributed by atoms with E-state index >= 15 is 0 Å². The van der Waals surface area contributed by atoms with E-state index in [-0.39, 0.29) is 23.3 Å². The third-order valence-corrected chi connectivity index (χ3v) is 8.97. The van der Waals surface area contributed by atoms with E-state index in [2.05, 4.69) is 5.32 Å². The topological polar surface area (TPSA) is 86.8 Å². The number of rotatable bonds is 11. The minimum atomic E-state index is -4.18. The highest BCUT2D eigenvalue weighted by Gasteiger charge is 2.32. The summed E-state index contributed by atoms with van der Waals surface area (Å²) in [6.45, 7) is 7.30. The zero-order valence-corrected chi connectivity index (χ0v) is 25.8. The van der Waals surface area contributed by atoms with Gasteiger partial charge < -0.3 is 10.2 Å². The van der Waals surface area contributed by atoms with Gasteiger partial charge in [0.05, 0.1) is 20.6 Å². The molecule has 0 aliphatic rings. The first-order valence-electron chi connectivity index (χ1n) is 12.7. The van der Waals surface area contributed by atoms with Crippen molar-refractivity contribution in [3.8, 4) is 0 Å². The standard InChI is InChI=1S/C29H32Cl3N3O4S/c1-19(2)16-33-29(37)21(4)34(17-22-7-14-26(31)27(32)15-22)28(36)18-35(24-10-5-20(3)6-11-24)40(38,39)25-12-8-23(30)9-13-25/h5-15,19,21H,16-18H2,1-4H3,(H,33,37)/t21-/m0/s1. The molecule has 0 fully saturated rings. The maximum Gasteiger partial charge on any atom is 0.264 e. The molecule has 3 rings (SSSR count). The normalized spacial score (nSPS) is 12.2. The maximum absolute atomic E-state index is 13.9. The molecule has 0 saturated carbocycles. The molecule has 0 saturated heterocycles. The molecule has 1 N–H and O–H groups in total. The van der Waals surface area contributed by atoms with Crippen molar-refractivity contribution in [2.24, 2.45) is 5.92 Å². The van der Waals surface area contributed by atoms with Crippen molar-refractivity contribution in [3.63, 3.8) is 0 Å². The number of nitrogens with one attached hydrogen (secondary N) is 1. The van der Waals surface area contributed by atoms with Crippen LogP contribution in [-0.4, -0.2) is 44.3 Å². The highest BCUT2D eigenvalue weighted by atomic mass is 35.5. The van der Waals surface area contributed by atoms with Gasteiger partial charge in [0.15, 0.2) is 0 Å². The second kappa shape index (κ2) is 13.7. The summed E-state index contributed by atoms with van der Waals surface area (Å²) in [5, 5.41) is 3.89. The first kappa shape index (κ1) is 31.7. The second-order valence-electron chi connectivity index (χ2n) is 9.89. The lowest BCUT2D eigenvalue weighted by Gasteiger charge is -2.32. The van der Waals surface area contributed by atoms with E-state index in [1.165, 1.54) is 29.2 Å². The number of anilines is 1. The van der Waals surface area contributed by atoms with Gasteiger partial charge in [0.25, 0.3) is 10.0 Å². The van der Waals surface area contributed by atoms with Crippen molar-refractivity contribution in [2.75, 3.05) is 17.4 Å². The number of sulfonamides is 1. The average Bonchev–Trinajstić information content (AvgIpc) is 2.91. The molecule has 3 aromatic carbocycles. The Balaban J connectivity index is 2.02. The summed E-state index contributed by atoms with van der Waals surface area (Å²) in [5.41, 5.74) is 1.87. The average molecular weight is 625 g/mol. The number of hydrogen-bond acceptors (Lipinski definition) is 4. The van der Waals surface area contributed by atoms with Gasteiger partial charge in [0.2, 0.25) is 11.8 Å². The lowest BCUT2D eigenvalue weighted by Crippen LogP contribution is -2.51. The molecule has 3 aromatic rings. The number of carbonyl (C=O) groups is 2. The fourth-order valence-electron chi connectivity index (χ4n) is 3.84. The van der Waals surface area contributed by atoms with Crippen LogP contribution in [0.15, 0.2) is 71.6 Å². The highest BCUT2D eigenvalue weighted by molar-refractivity contribution is 7.92. The summed E-state index contributed by atoms with van der Waals surface area (Å²) in [4.78, 5) is 28.3. The van der Waals surface area contributed by atoms with Crippen molar-refractivity contribution in [2.45, 2.75) is 45.2 Å². The van der Waals surface area contributed by atoms with Crippen LogP contribution in [0.4, 0.5) is 5.69 Å². The minimum Gasteiger partial charge on any atom is -0.354 e. The van der Waals surface area contributed by atoms with E-state index in [1.54, 1.807) is 49.4 Å². The fraction of sp³-hybridized carbons (Fsp3) is 0.310. The van der Waals surface area contributed by atoms with Gasteiger partial charge in [0, 0.05) is 18.1 Å². The Morgan fingerprint density at radius 2 is 1.50 bits per heavy atom. The van der Waals surface area contributed by atoms with Gasteiger partial charge >= 0.3 is 0 Å². The van der Waals surface area contributed by atoms with Crippen LogP contribution in [0, 0.1) is 12.8 Å². The first-order chi connectivity index (χ1) is 18.8. The third-order valence-electron chi connectivity index (χ3n) is 6.19. The van der Waals surface area contributed by atoms with Gasteiger partial charge in [-0.25, -0.2) is 8.42 Å². The van der Waals surface area contributed by atoms with E-state index in [0.29, 0.717) is 32.9 Å². The van der Waals surface area contributed by atoms with Gasteiger partial charge in [-0.1, -0.05) is 72.4 Å². The van der Waals surface area contributed by atoms with Gasteiger partial charge in [0.1, 0.15) is 12.6 Å². The molecule has 214 valence electrons. The fourth-order valence-corrected chi connectivity index (χ4v) is 5.70. The molecule has 0 bridgehead atoms. The Morgan fingerprint density at radius 3 is 2.08 bits per heavy atom. The summed E-state index contributed by atoms with van der Waals surface area (Å²) in [5.74, 6) is -0.724. The number of amides is 2. The third kappa shape index (κ3) is 8.13. The Morgan fingerprint density at radius 1 is 0.875 bits per heavy atom. The summed E-state index contributed by atoms with van der Waals surface area (Å²) in [6, 6.07) is 16.5. The van der Waals surface area contributed by atoms with E-state index in [1.807, 2.05) is 20.8 Å². The number of hydrogen-bond donors (Lipinski definition) is 1. The number of benzene rings is 3. The van der Waals surface area contributed by atoms with Crippen molar-refractivity contribution in [1.82, 2.24) is 10.2 Å².